The van der Waals surface area contributed by atoms with Crippen LogP contribution in [-0.2, 0) is 4.74 Å². The number of nitrogens with zero attached hydrogens (tertiary/aromatic N) is 2. The molecular formula is C17H29N3O. The van der Waals surface area contributed by atoms with Gasteiger partial charge in [-0.15, -0.1) is 0 Å². The van der Waals surface area contributed by atoms with Crippen molar-refractivity contribution in [3.8, 4) is 0 Å². The molecule has 2 unspecified atom stereocenters. The number of morpholine rings is 1. The van der Waals surface area contributed by atoms with Crippen LogP contribution in [0.4, 0.5) is 0 Å². The number of ether oxygens (including phenoxy) is 1. The van der Waals surface area contributed by atoms with Crippen LogP contribution in [-0.4, -0.2) is 48.8 Å². The summed E-state index contributed by atoms with van der Waals surface area (Å²) < 4.78 is 5.40. The Kier molecular flexibility index (Phi) is 5.73. The summed E-state index contributed by atoms with van der Waals surface area (Å²) in [4.78, 5) is 7.08. The first-order valence-corrected chi connectivity index (χ1v) is 7.98. The molecule has 0 saturated carbocycles. The molecule has 1 aliphatic heterocycles. The summed E-state index contributed by atoms with van der Waals surface area (Å²) in [6.07, 6.45) is 0. The zero-order valence-corrected chi connectivity index (χ0v) is 14.1. The molecule has 0 amide bonds. The summed E-state index contributed by atoms with van der Waals surface area (Å²) in [7, 11) is 0. The SMILES string of the molecule is Cc1cc(C)c(C(C)NC(C)CN2CCOCC2)c(C)n1. The lowest BCUT2D eigenvalue weighted by Gasteiger charge is -2.31. The Morgan fingerprint density at radius 3 is 2.52 bits per heavy atom. The van der Waals surface area contributed by atoms with E-state index in [1.54, 1.807) is 0 Å². The Morgan fingerprint density at radius 2 is 1.90 bits per heavy atom. The van der Waals surface area contributed by atoms with E-state index in [2.05, 4.69) is 55.9 Å². The number of hydrogen-bond donors (Lipinski definition) is 1. The van der Waals surface area contributed by atoms with E-state index in [1.165, 1.54) is 11.1 Å². The fourth-order valence-corrected chi connectivity index (χ4v) is 3.42. The first-order valence-electron chi connectivity index (χ1n) is 7.98. The first kappa shape index (κ1) is 16.4. The molecule has 21 heavy (non-hydrogen) atoms. The average molecular weight is 291 g/mol. The Bertz CT molecular complexity index is 446. The van der Waals surface area contributed by atoms with Gasteiger partial charge in [-0.2, -0.15) is 0 Å². The largest absolute Gasteiger partial charge is 0.379 e. The van der Waals surface area contributed by atoms with Gasteiger partial charge in [-0.25, -0.2) is 0 Å². The van der Waals surface area contributed by atoms with E-state index in [0.717, 1.165) is 44.2 Å². The van der Waals surface area contributed by atoms with Crippen LogP contribution >= 0.6 is 0 Å². The zero-order chi connectivity index (χ0) is 15.4. The topological polar surface area (TPSA) is 37.4 Å². The molecule has 2 rings (SSSR count). The highest BCUT2D eigenvalue weighted by Crippen LogP contribution is 2.21. The van der Waals surface area contributed by atoms with Crippen molar-refractivity contribution in [2.45, 2.75) is 46.7 Å². The molecule has 0 spiro atoms. The normalized spacial score (nSPS) is 19.5. The molecule has 4 heteroatoms. The molecule has 1 aliphatic rings. The number of aryl methyl sites for hydroxylation is 3. The first-order chi connectivity index (χ1) is 9.97. The molecule has 1 fully saturated rings. The monoisotopic (exact) mass is 291 g/mol. The molecule has 1 saturated heterocycles. The highest BCUT2D eigenvalue weighted by molar-refractivity contribution is 5.33. The predicted molar refractivity (Wildman–Crippen MR) is 86.7 cm³/mol. The van der Waals surface area contributed by atoms with Crippen LogP contribution in [0.2, 0.25) is 0 Å². The van der Waals surface area contributed by atoms with E-state index in [0.29, 0.717) is 12.1 Å². The van der Waals surface area contributed by atoms with E-state index in [9.17, 15) is 0 Å². The Morgan fingerprint density at radius 1 is 1.24 bits per heavy atom. The van der Waals surface area contributed by atoms with Gasteiger partial charge < -0.3 is 10.1 Å². The van der Waals surface area contributed by atoms with Gasteiger partial charge in [0.05, 0.1) is 13.2 Å². The van der Waals surface area contributed by atoms with Gasteiger partial charge in [-0.1, -0.05) is 0 Å². The molecule has 0 aliphatic carbocycles. The third kappa shape index (κ3) is 4.50. The molecule has 2 heterocycles. The van der Waals surface area contributed by atoms with Crippen molar-refractivity contribution < 1.29 is 4.74 Å². The third-order valence-electron chi connectivity index (χ3n) is 4.19. The van der Waals surface area contributed by atoms with E-state index < -0.39 is 0 Å². The zero-order valence-electron chi connectivity index (χ0n) is 14.1. The van der Waals surface area contributed by atoms with Crippen LogP contribution < -0.4 is 5.32 Å². The third-order valence-corrected chi connectivity index (χ3v) is 4.19. The highest BCUT2D eigenvalue weighted by atomic mass is 16.5. The fraction of sp³-hybridized carbons (Fsp3) is 0.706. The Labute approximate surface area is 128 Å². The van der Waals surface area contributed by atoms with E-state index in [1.807, 2.05) is 0 Å². The predicted octanol–water partition coefficient (Wildman–Crippen LogP) is 2.38. The standard InChI is InChI=1S/C17H29N3O/c1-12-10-13(2)18-15(4)17(12)16(5)19-14(3)11-20-6-8-21-9-7-20/h10,14,16,19H,6-9,11H2,1-5H3. The minimum absolute atomic E-state index is 0.328. The Hall–Kier alpha value is -0.970. The summed E-state index contributed by atoms with van der Waals surface area (Å²) in [6.45, 7) is 15.7. The van der Waals surface area contributed by atoms with Crippen molar-refractivity contribution in [1.29, 1.82) is 0 Å². The lowest BCUT2D eigenvalue weighted by Crippen LogP contribution is -2.45. The molecule has 0 bridgehead atoms. The van der Waals surface area contributed by atoms with Gasteiger partial charge in [0, 0.05) is 43.1 Å². The van der Waals surface area contributed by atoms with Crippen molar-refractivity contribution in [3.63, 3.8) is 0 Å². The lowest BCUT2D eigenvalue weighted by molar-refractivity contribution is 0.0339. The smallest absolute Gasteiger partial charge is 0.0594 e. The molecule has 118 valence electrons. The van der Waals surface area contributed by atoms with E-state index in [-0.39, 0.29) is 0 Å². The summed E-state index contributed by atoms with van der Waals surface area (Å²) >= 11 is 0. The molecular weight excluding hydrogens is 262 g/mol. The van der Waals surface area contributed by atoms with E-state index >= 15 is 0 Å². The van der Waals surface area contributed by atoms with Crippen LogP contribution in [0.25, 0.3) is 0 Å². The number of hydrogen-bond acceptors (Lipinski definition) is 4. The van der Waals surface area contributed by atoms with Crippen LogP contribution in [0.5, 0.6) is 0 Å². The molecule has 2 atom stereocenters. The number of aromatic nitrogens is 1. The molecule has 0 radical (unpaired) electrons. The maximum atomic E-state index is 5.40. The van der Waals surface area contributed by atoms with Gasteiger partial charge >= 0.3 is 0 Å². The average Bonchev–Trinajstić information content (AvgIpc) is 2.38. The van der Waals surface area contributed by atoms with Crippen molar-refractivity contribution in [1.82, 2.24) is 15.2 Å². The number of rotatable bonds is 5. The van der Waals surface area contributed by atoms with Crippen molar-refractivity contribution in [2.24, 2.45) is 0 Å². The van der Waals surface area contributed by atoms with Crippen molar-refractivity contribution in [3.05, 3.63) is 28.6 Å². The summed E-state index contributed by atoms with van der Waals surface area (Å²) in [5.41, 5.74) is 4.92. The second-order valence-corrected chi connectivity index (χ2v) is 6.28. The van der Waals surface area contributed by atoms with Crippen molar-refractivity contribution in [2.75, 3.05) is 32.8 Å². The fourth-order valence-electron chi connectivity index (χ4n) is 3.42. The van der Waals surface area contributed by atoms with Crippen LogP contribution in [0.1, 0.15) is 42.4 Å². The van der Waals surface area contributed by atoms with Crippen LogP contribution in [0, 0.1) is 20.8 Å². The van der Waals surface area contributed by atoms with Gasteiger partial charge in [-0.3, -0.25) is 9.88 Å². The summed E-state index contributed by atoms with van der Waals surface area (Å²) in [5.74, 6) is 0. The van der Waals surface area contributed by atoms with Crippen LogP contribution in [0.3, 0.4) is 0 Å². The van der Waals surface area contributed by atoms with Gasteiger partial charge in [-0.05, 0) is 51.8 Å². The number of pyridine rings is 1. The lowest BCUT2D eigenvalue weighted by atomic mass is 10.00. The van der Waals surface area contributed by atoms with Gasteiger partial charge in [0.1, 0.15) is 0 Å². The second kappa shape index (κ2) is 7.34. The van der Waals surface area contributed by atoms with Gasteiger partial charge in [0.25, 0.3) is 0 Å². The molecule has 1 aromatic heterocycles. The van der Waals surface area contributed by atoms with Gasteiger partial charge in [0.15, 0.2) is 0 Å². The quantitative estimate of drug-likeness (QED) is 0.904. The summed E-state index contributed by atoms with van der Waals surface area (Å²) in [5, 5.41) is 3.72. The second-order valence-electron chi connectivity index (χ2n) is 6.28. The molecule has 0 aromatic carbocycles. The molecule has 1 N–H and O–H groups in total. The molecule has 1 aromatic rings. The Balaban J connectivity index is 1.95. The maximum Gasteiger partial charge on any atom is 0.0594 e. The minimum atomic E-state index is 0.328. The number of nitrogens with one attached hydrogen (secondary N) is 1. The van der Waals surface area contributed by atoms with E-state index in [4.69, 9.17) is 4.74 Å². The highest BCUT2D eigenvalue weighted by Gasteiger charge is 2.18. The minimum Gasteiger partial charge on any atom is -0.379 e. The maximum absolute atomic E-state index is 5.40. The molecule has 4 nitrogen and oxygen atoms in total. The van der Waals surface area contributed by atoms with Gasteiger partial charge in [0.2, 0.25) is 0 Å². The van der Waals surface area contributed by atoms with Crippen LogP contribution in [0.15, 0.2) is 6.07 Å². The van der Waals surface area contributed by atoms with Crippen molar-refractivity contribution >= 4 is 0 Å². The summed E-state index contributed by atoms with van der Waals surface area (Å²) in [6, 6.07) is 2.96.